The lowest BCUT2D eigenvalue weighted by Crippen LogP contribution is -2.11. The Kier molecular flexibility index (Phi) is 2.17. The molecule has 76 valence electrons. The van der Waals surface area contributed by atoms with Crippen molar-refractivity contribution in [1.82, 2.24) is 20.0 Å². The minimum Gasteiger partial charge on any atom is -0.384 e. The standard InChI is InChI=1S/C9H10N6/c1-6-7(9(10)11)5-15(14-6)8-3-2-4-12-13-8/h2-5H,1H3,(H3,10,11). The van der Waals surface area contributed by atoms with E-state index in [0.29, 0.717) is 17.1 Å². The molecule has 0 aliphatic heterocycles. The van der Waals surface area contributed by atoms with Crippen molar-refractivity contribution in [2.75, 3.05) is 0 Å². The van der Waals surface area contributed by atoms with Crippen molar-refractivity contribution in [1.29, 1.82) is 5.41 Å². The summed E-state index contributed by atoms with van der Waals surface area (Å²) in [5.74, 6) is 0.607. The van der Waals surface area contributed by atoms with Crippen LogP contribution in [0.3, 0.4) is 0 Å². The monoisotopic (exact) mass is 202 g/mol. The van der Waals surface area contributed by atoms with Gasteiger partial charge in [0.05, 0.1) is 11.3 Å². The van der Waals surface area contributed by atoms with Crippen molar-refractivity contribution < 1.29 is 0 Å². The van der Waals surface area contributed by atoms with E-state index in [4.69, 9.17) is 11.1 Å². The molecule has 2 rings (SSSR count). The summed E-state index contributed by atoms with van der Waals surface area (Å²) >= 11 is 0. The van der Waals surface area contributed by atoms with E-state index in [1.165, 1.54) is 0 Å². The predicted molar refractivity (Wildman–Crippen MR) is 54.9 cm³/mol. The van der Waals surface area contributed by atoms with Crippen LogP contribution in [0.1, 0.15) is 11.3 Å². The SMILES string of the molecule is Cc1nn(-c2cccnn2)cc1C(=N)N. The van der Waals surface area contributed by atoms with Crippen LogP contribution in [0.25, 0.3) is 5.82 Å². The number of aromatic nitrogens is 4. The van der Waals surface area contributed by atoms with Gasteiger partial charge in [-0.25, -0.2) is 4.68 Å². The first-order valence-electron chi connectivity index (χ1n) is 4.37. The molecule has 2 aromatic rings. The summed E-state index contributed by atoms with van der Waals surface area (Å²) in [5.41, 5.74) is 6.71. The molecule has 6 nitrogen and oxygen atoms in total. The van der Waals surface area contributed by atoms with E-state index < -0.39 is 0 Å². The molecule has 2 aromatic heterocycles. The van der Waals surface area contributed by atoms with Crippen LogP contribution in [0.5, 0.6) is 0 Å². The Balaban J connectivity index is 2.48. The normalized spacial score (nSPS) is 10.2. The van der Waals surface area contributed by atoms with E-state index in [1.54, 1.807) is 36.1 Å². The van der Waals surface area contributed by atoms with Gasteiger partial charge in [0.1, 0.15) is 5.84 Å². The second-order valence-electron chi connectivity index (χ2n) is 3.07. The summed E-state index contributed by atoms with van der Waals surface area (Å²) in [5, 5.41) is 19.2. The Hall–Kier alpha value is -2.24. The van der Waals surface area contributed by atoms with Gasteiger partial charge in [0.15, 0.2) is 5.82 Å². The van der Waals surface area contributed by atoms with Crippen molar-refractivity contribution in [2.24, 2.45) is 5.73 Å². The molecule has 0 saturated heterocycles. The maximum Gasteiger partial charge on any atom is 0.175 e. The first-order chi connectivity index (χ1) is 7.18. The van der Waals surface area contributed by atoms with Crippen LogP contribution in [0.4, 0.5) is 0 Å². The molecule has 0 amide bonds. The van der Waals surface area contributed by atoms with Gasteiger partial charge in [-0.1, -0.05) is 0 Å². The Labute approximate surface area is 86.3 Å². The van der Waals surface area contributed by atoms with Crippen molar-refractivity contribution in [3.63, 3.8) is 0 Å². The largest absolute Gasteiger partial charge is 0.384 e. The van der Waals surface area contributed by atoms with Crippen molar-refractivity contribution in [3.8, 4) is 5.82 Å². The molecule has 3 N–H and O–H groups in total. The van der Waals surface area contributed by atoms with Crippen LogP contribution >= 0.6 is 0 Å². The van der Waals surface area contributed by atoms with Crippen LogP contribution in [0.15, 0.2) is 24.5 Å². The molecule has 6 heteroatoms. The average molecular weight is 202 g/mol. The van der Waals surface area contributed by atoms with E-state index in [0.717, 1.165) is 0 Å². The molecule has 0 atom stereocenters. The first-order valence-corrected chi connectivity index (χ1v) is 4.37. The lowest BCUT2D eigenvalue weighted by Gasteiger charge is -1.96. The van der Waals surface area contributed by atoms with E-state index in [1.807, 2.05) is 0 Å². The average Bonchev–Trinajstić information content (AvgIpc) is 2.62. The van der Waals surface area contributed by atoms with Crippen LogP contribution in [-0.2, 0) is 0 Å². The van der Waals surface area contributed by atoms with E-state index >= 15 is 0 Å². The Morgan fingerprint density at radius 3 is 2.87 bits per heavy atom. The van der Waals surface area contributed by atoms with Crippen LogP contribution < -0.4 is 5.73 Å². The molecule has 0 fully saturated rings. The molecule has 0 saturated carbocycles. The molecule has 0 radical (unpaired) electrons. The zero-order valence-corrected chi connectivity index (χ0v) is 8.18. The molecule has 0 aromatic carbocycles. The van der Waals surface area contributed by atoms with Gasteiger partial charge in [-0.3, -0.25) is 5.41 Å². The third kappa shape index (κ3) is 1.69. The zero-order chi connectivity index (χ0) is 10.8. The van der Waals surface area contributed by atoms with Gasteiger partial charge in [-0.15, -0.1) is 5.10 Å². The highest BCUT2D eigenvalue weighted by atomic mass is 15.3. The third-order valence-corrected chi connectivity index (χ3v) is 1.98. The number of hydrogen-bond donors (Lipinski definition) is 2. The highest BCUT2D eigenvalue weighted by molar-refractivity contribution is 5.95. The van der Waals surface area contributed by atoms with Gasteiger partial charge in [-0.2, -0.15) is 10.2 Å². The molecule has 0 bridgehead atoms. The summed E-state index contributed by atoms with van der Waals surface area (Å²) in [4.78, 5) is 0. The number of nitrogens with zero attached hydrogens (tertiary/aromatic N) is 4. The number of nitrogens with two attached hydrogens (primary N) is 1. The fourth-order valence-electron chi connectivity index (χ4n) is 1.26. The zero-order valence-electron chi connectivity index (χ0n) is 8.18. The van der Waals surface area contributed by atoms with Crippen LogP contribution in [-0.4, -0.2) is 25.8 Å². The lowest BCUT2D eigenvalue weighted by atomic mass is 10.2. The second kappa shape index (κ2) is 3.49. The van der Waals surface area contributed by atoms with Crippen molar-refractivity contribution in [2.45, 2.75) is 6.92 Å². The lowest BCUT2D eigenvalue weighted by molar-refractivity contribution is 0.803. The van der Waals surface area contributed by atoms with Crippen LogP contribution in [0, 0.1) is 12.3 Å². The minimum atomic E-state index is 0.00244. The summed E-state index contributed by atoms with van der Waals surface area (Å²) < 4.78 is 1.55. The van der Waals surface area contributed by atoms with Gasteiger partial charge in [-0.05, 0) is 19.1 Å². The molecule has 15 heavy (non-hydrogen) atoms. The van der Waals surface area contributed by atoms with Gasteiger partial charge in [0, 0.05) is 12.4 Å². The molecule has 0 aliphatic rings. The fraction of sp³-hybridized carbons (Fsp3) is 0.111. The molecule has 0 spiro atoms. The predicted octanol–water partition coefficient (Wildman–Crippen LogP) is 0.255. The van der Waals surface area contributed by atoms with Gasteiger partial charge >= 0.3 is 0 Å². The Morgan fingerprint density at radius 1 is 1.53 bits per heavy atom. The Morgan fingerprint density at radius 2 is 2.33 bits per heavy atom. The molecular formula is C9H10N6. The quantitative estimate of drug-likeness (QED) is 0.539. The van der Waals surface area contributed by atoms with E-state index in [-0.39, 0.29) is 5.84 Å². The summed E-state index contributed by atoms with van der Waals surface area (Å²) in [6.45, 7) is 1.80. The molecule has 0 unspecified atom stereocenters. The van der Waals surface area contributed by atoms with Crippen molar-refractivity contribution >= 4 is 5.84 Å². The third-order valence-electron chi connectivity index (χ3n) is 1.98. The Bertz CT molecular complexity index is 487. The van der Waals surface area contributed by atoms with Crippen molar-refractivity contribution in [3.05, 3.63) is 35.8 Å². The number of nitrogens with one attached hydrogen (secondary N) is 1. The van der Waals surface area contributed by atoms with Gasteiger partial charge in [0.2, 0.25) is 0 Å². The number of rotatable bonds is 2. The summed E-state index contributed by atoms with van der Waals surface area (Å²) in [6.07, 6.45) is 3.26. The molecule has 0 aliphatic carbocycles. The summed E-state index contributed by atoms with van der Waals surface area (Å²) in [6, 6.07) is 3.55. The minimum absolute atomic E-state index is 0.00244. The van der Waals surface area contributed by atoms with Gasteiger partial charge < -0.3 is 5.73 Å². The number of amidine groups is 1. The topological polar surface area (TPSA) is 93.5 Å². The highest BCUT2D eigenvalue weighted by Gasteiger charge is 2.08. The molecule has 2 heterocycles. The first kappa shape index (κ1) is 9.32. The number of aryl methyl sites for hydroxylation is 1. The maximum absolute atomic E-state index is 7.34. The van der Waals surface area contributed by atoms with E-state index in [9.17, 15) is 0 Å². The summed E-state index contributed by atoms with van der Waals surface area (Å²) in [7, 11) is 0. The number of hydrogen-bond acceptors (Lipinski definition) is 4. The second-order valence-corrected chi connectivity index (χ2v) is 3.07. The van der Waals surface area contributed by atoms with E-state index in [2.05, 4.69) is 15.3 Å². The van der Waals surface area contributed by atoms with Gasteiger partial charge in [0.25, 0.3) is 0 Å². The number of nitrogen functional groups attached to an aromatic ring is 1. The van der Waals surface area contributed by atoms with Crippen LogP contribution in [0.2, 0.25) is 0 Å². The highest BCUT2D eigenvalue weighted by Crippen LogP contribution is 2.08. The molecular weight excluding hydrogens is 192 g/mol. The fourth-order valence-corrected chi connectivity index (χ4v) is 1.26. The maximum atomic E-state index is 7.34. The smallest absolute Gasteiger partial charge is 0.175 e.